The Morgan fingerprint density at radius 2 is 1.87 bits per heavy atom. The Bertz CT molecular complexity index is 1330. The van der Waals surface area contributed by atoms with E-state index < -0.39 is 0 Å². The molecule has 5 rings (SSSR count). The van der Waals surface area contributed by atoms with Gasteiger partial charge in [0.05, 0.1) is 5.69 Å². The molecule has 1 amide bonds. The summed E-state index contributed by atoms with van der Waals surface area (Å²) in [6.45, 7) is 0. The number of para-hydroxylation sites is 1. The summed E-state index contributed by atoms with van der Waals surface area (Å²) in [6.07, 6.45) is 0.332. The van der Waals surface area contributed by atoms with Crippen molar-refractivity contribution >= 4 is 56.2 Å². The molecule has 148 valence electrons. The van der Waals surface area contributed by atoms with Crippen LogP contribution >= 0.6 is 23.1 Å². The van der Waals surface area contributed by atoms with Crippen LogP contribution in [0.2, 0.25) is 0 Å². The van der Waals surface area contributed by atoms with Crippen molar-refractivity contribution in [3.05, 3.63) is 60.0 Å². The molecular weight excluding hydrogens is 416 g/mol. The fourth-order valence-corrected chi connectivity index (χ4v) is 4.52. The van der Waals surface area contributed by atoms with E-state index in [0.29, 0.717) is 28.1 Å². The Labute approximate surface area is 180 Å². The number of carbonyl (C=O) groups is 1. The van der Waals surface area contributed by atoms with E-state index in [2.05, 4.69) is 30.5 Å². The molecule has 0 saturated heterocycles. The van der Waals surface area contributed by atoms with Crippen molar-refractivity contribution in [1.29, 1.82) is 0 Å². The van der Waals surface area contributed by atoms with Gasteiger partial charge in [-0.05, 0) is 6.07 Å². The number of thiazole rings is 1. The zero-order valence-corrected chi connectivity index (χ0v) is 17.3. The van der Waals surface area contributed by atoms with Crippen LogP contribution in [0, 0.1) is 0 Å². The van der Waals surface area contributed by atoms with Gasteiger partial charge < -0.3 is 10.3 Å². The summed E-state index contributed by atoms with van der Waals surface area (Å²) in [6, 6.07) is 17.8. The molecule has 2 N–H and O–H groups in total. The molecule has 0 saturated carbocycles. The highest BCUT2D eigenvalue weighted by molar-refractivity contribution is 7.99. The third-order valence-corrected chi connectivity index (χ3v) is 6.08. The van der Waals surface area contributed by atoms with E-state index in [1.54, 1.807) is 0 Å². The molecular formula is C21H16N6OS2. The number of anilines is 1. The smallest absolute Gasteiger partial charge is 0.226 e. The number of hydrogen-bond donors (Lipinski definition) is 2. The lowest BCUT2D eigenvalue weighted by Gasteiger charge is -2.01. The van der Waals surface area contributed by atoms with Gasteiger partial charge in [-0.25, -0.2) is 9.97 Å². The van der Waals surface area contributed by atoms with Gasteiger partial charge in [0.1, 0.15) is 5.52 Å². The summed E-state index contributed by atoms with van der Waals surface area (Å²) < 4.78 is 0. The first-order valence-corrected chi connectivity index (χ1v) is 11.2. The molecule has 0 spiro atoms. The van der Waals surface area contributed by atoms with Crippen molar-refractivity contribution in [2.45, 2.75) is 11.6 Å². The molecule has 0 bridgehead atoms. The number of fused-ring (bicyclic) bond motifs is 3. The number of rotatable bonds is 6. The average Bonchev–Trinajstić information content (AvgIpc) is 3.38. The van der Waals surface area contributed by atoms with E-state index in [9.17, 15) is 4.79 Å². The van der Waals surface area contributed by atoms with Gasteiger partial charge in [-0.1, -0.05) is 60.3 Å². The second-order valence-electron chi connectivity index (χ2n) is 6.51. The Morgan fingerprint density at radius 3 is 2.77 bits per heavy atom. The number of carbonyl (C=O) groups excluding carboxylic acids is 1. The van der Waals surface area contributed by atoms with E-state index >= 15 is 0 Å². The summed E-state index contributed by atoms with van der Waals surface area (Å²) in [5.41, 5.74) is 4.33. The van der Waals surface area contributed by atoms with Crippen molar-refractivity contribution < 1.29 is 4.79 Å². The van der Waals surface area contributed by atoms with Crippen LogP contribution in [0.4, 0.5) is 5.13 Å². The van der Waals surface area contributed by atoms with Crippen LogP contribution in [0.5, 0.6) is 0 Å². The Kier molecular flexibility index (Phi) is 5.12. The Hall–Kier alpha value is -3.30. The van der Waals surface area contributed by atoms with E-state index in [1.807, 2.05) is 60.0 Å². The van der Waals surface area contributed by atoms with Crippen LogP contribution in [0.1, 0.15) is 6.42 Å². The van der Waals surface area contributed by atoms with E-state index in [0.717, 1.165) is 27.7 Å². The van der Waals surface area contributed by atoms with Crippen LogP contribution in [0.3, 0.4) is 0 Å². The largest absolute Gasteiger partial charge is 0.338 e. The molecule has 0 aliphatic rings. The lowest BCUT2D eigenvalue weighted by molar-refractivity contribution is -0.115. The molecule has 30 heavy (non-hydrogen) atoms. The fourth-order valence-electron chi connectivity index (χ4n) is 3.06. The number of H-pyrrole nitrogens is 1. The van der Waals surface area contributed by atoms with Gasteiger partial charge in [0.25, 0.3) is 0 Å². The minimum absolute atomic E-state index is 0.0869. The number of aromatic amines is 1. The number of aromatic nitrogens is 5. The third-order valence-electron chi connectivity index (χ3n) is 4.48. The van der Waals surface area contributed by atoms with E-state index in [1.165, 1.54) is 23.1 Å². The summed E-state index contributed by atoms with van der Waals surface area (Å²) in [7, 11) is 0. The number of hydrogen-bond acceptors (Lipinski definition) is 7. The van der Waals surface area contributed by atoms with Gasteiger partial charge >= 0.3 is 0 Å². The molecule has 0 atom stereocenters. The average molecular weight is 433 g/mol. The molecule has 3 heterocycles. The second kappa shape index (κ2) is 8.21. The van der Waals surface area contributed by atoms with Gasteiger partial charge in [0.2, 0.25) is 11.1 Å². The van der Waals surface area contributed by atoms with Crippen molar-refractivity contribution in [3.8, 4) is 11.3 Å². The van der Waals surface area contributed by atoms with Gasteiger partial charge in [-0.2, -0.15) is 0 Å². The maximum atomic E-state index is 12.3. The van der Waals surface area contributed by atoms with Crippen LogP contribution in [0.15, 0.2) is 65.1 Å². The maximum absolute atomic E-state index is 12.3. The predicted octanol–water partition coefficient (Wildman–Crippen LogP) is 4.75. The number of thioether (sulfide) groups is 1. The molecule has 5 aromatic rings. The second-order valence-corrected chi connectivity index (χ2v) is 8.43. The van der Waals surface area contributed by atoms with E-state index in [4.69, 9.17) is 0 Å². The van der Waals surface area contributed by atoms with Crippen molar-refractivity contribution in [2.24, 2.45) is 0 Å². The lowest BCUT2D eigenvalue weighted by Crippen LogP contribution is -2.12. The standard InChI is InChI=1S/C21H16N6OS2/c28-17(24-20-23-16(12-30-20)13-6-2-1-3-7-13)10-11-29-21-25-19-18(26-27-21)14-8-4-5-9-15(14)22-19/h1-9,12H,10-11H2,(H,22,25,27)(H,23,24,28). The molecule has 0 aliphatic carbocycles. The van der Waals surface area contributed by atoms with Crippen LogP contribution in [0.25, 0.3) is 33.3 Å². The predicted molar refractivity (Wildman–Crippen MR) is 121 cm³/mol. The van der Waals surface area contributed by atoms with Crippen LogP contribution in [-0.4, -0.2) is 36.8 Å². The molecule has 0 unspecified atom stereocenters. The zero-order valence-electron chi connectivity index (χ0n) is 15.7. The summed E-state index contributed by atoms with van der Waals surface area (Å²) in [5, 5.41) is 15.4. The molecule has 0 fully saturated rings. The minimum atomic E-state index is -0.0869. The van der Waals surface area contributed by atoms with Crippen molar-refractivity contribution in [2.75, 3.05) is 11.1 Å². The first-order valence-electron chi connectivity index (χ1n) is 9.31. The van der Waals surface area contributed by atoms with Gasteiger partial charge in [-0.3, -0.25) is 4.79 Å². The molecule has 3 aromatic heterocycles. The summed E-state index contributed by atoms with van der Waals surface area (Å²) in [5.74, 6) is 0.465. The molecule has 7 nitrogen and oxygen atoms in total. The topological polar surface area (TPSA) is 96.5 Å². The molecule has 0 radical (unpaired) electrons. The highest BCUT2D eigenvalue weighted by atomic mass is 32.2. The molecule has 2 aromatic carbocycles. The quantitative estimate of drug-likeness (QED) is 0.376. The summed E-state index contributed by atoms with van der Waals surface area (Å²) >= 11 is 2.82. The van der Waals surface area contributed by atoms with Gasteiger partial charge in [-0.15, -0.1) is 21.5 Å². The number of amides is 1. The monoisotopic (exact) mass is 432 g/mol. The maximum Gasteiger partial charge on any atom is 0.226 e. The highest BCUT2D eigenvalue weighted by Gasteiger charge is 2.11. The lowest BCUT2D eigenvalue weighted by atomic mass is 10.2. The summed E-state index contributed by atoms with van der Waals surface area (Å²) in [4.78, 5) is 24.5. The van der Waals surface area contributed by atoms with Crippen LogP contribution < -0.4 is 5.32 Å². The first kappa shape index (κ1) is 18.7. The SMILES string of the molecule is O=C(CCSc1nnc2c(n1)[nH]c1ccccc12)Nc1nc(-c2ccccc2)cs1. The number of benzene rings is 2. The molecule has 9 heteroatoms. The van der Waals surface area contributed by atoms with Gasteiger partial charge in [0.15, 0.2) is 10.8 Å². The normalized spacial score (nSPS) is 11.2. The van der Waals surface area contributed by atoms with E-state index in [-0.39, 0.29) is 5.91 Å². The molecule has 0 aliphatic heterocycles. The van der Waals surface area contributed by atoms with Crippen molar-refractivity contribution in [1.82, 2.24) is 25.1 Å². The Balaban J connectivity index is 1.18. The Morgan fingerprint density at radius 1 is 1.03 bits per heavy atom. The minimum Gasteiger partial charge on any atom is -0.338 e. The number of nitrogens with zero attached hydrogens (tertiary/aromatic N) is 4. The zero-order chi connectivity index (χ0) is 20.3. The number of nitrogens with one attached hydrogen (secondary N) is 2. The van der Waals surface area contributed by atoms with Crippen molar-refractivity contribution in [3.63, 3.8) is 0 Å². The van der Waals surface area contributed by atoms with Gasteiger partial charge in [0, 0.05) is 34.0 Å². The third kappa shape index (κ3) is 3.89. The first-order chi connectivity index (χ1) is 14.8. The van der Waals surface area contributed by atoms with Crippen LogP contribution in [-0.2, 0) is 4.79 Å². The highest BCUT2D eigenvalue weighted by Crippen LogP contribution is 2.25. The fraction of sp³-hybridized carbons (Fsp3) is 0.0952.